The minimum Gasteiger partial charge on any atom is -0.487 e. The van der Waals surface area contributed by atoms with Gasteiger partial charge in [-0.1, -0.05) is 44.5 Å². The first-order valence-electron chi connectivity index (χ1n) is 8.42. The fourth-order valence-electron chi connectivity index (χ4n) is 2.50. The summed E-state index contributed by atoms with van der Waals surface area (Å²) >= 11 is 6.19. The van der Waals surface area contributed by atoms with Gasteiger partial charge in [-0.2, -0.15) is 0 Å². The van der Waals surface area contributed by atoms with Crippen molar-refractivity contribution in [2.75, 3.05) is 0 Å². The summed E-state index contributed by atoms with van der Waals surface area (Å²) in [5.41, 5.74) is 2.31. The number of esters is 1. The molecule has 2 rings (SSSR count). The van der Waals surface area contributed by atoms with Crippen molar-refractivity contribution in [1.82, 2.24) is 0 Å². The Morgan fingerprint density at radius 2 is 1.80 bits per heavy atom. The summed E-state index contributed by atoms with van der Waals surface area (Å²) in [7, 11) is 0. The predicted molar refractivity (Wildman–Crippen MR) is 96.9 cm³/mol. The number of halogens is 2. The van der Waals surface area contributed by atoms with E-state index >= 15 is 0 Å². The van der Waals surface area contributed by atoms with E-state index < -0.39 is 0 Å². The molecule has 0 radical (unpaired) electrons. The molecule has 25 heavy (non-hydrogen) atoms. The Bertz CT molecular complexity index is 759. The second-order valence-electron chi connectivity index (χ2n) is 5.59. The van der Waals surface area contributed by atoms with E-state index in [0.717, 1.165) is 17.5 Å². The maximum atomic E-state index is 14.0. The average Bonchev–Trinajstić information content (AvgIpc) is 2.62. The van der Waals surface area contributed by atoms with Crippen molar-refractivity contribution in [3.63, 3.8) is 0 Å². The van der Waals surface area contributed by atoms with E-state index in [1.54, 1.807) is 19.1 Å². The summed E-state index contributed by atoms with van der Waals surface area (Å²) in [5.74, 6) is 0.0807. The Hall–Kier alpha value is -2.07. The highest BCUT2D eigenvalue weighted by Crippen LogP contribution is 2.31. The fourth-order valence-corrected chi connectivity index (χ4v) is 2.74. The number of ether oxygens (including phenoxy) is 2. The van der Waals surface area contributed by atoms with Crippen LogP contribution in [-0.4, -0.2) is 5.97 Å². The summed E-state index contributed by atoms with van der Waals surface area (Å²) in [5, 5.41) is 0.360. The van der Waals surface area contributed by atoms with Crippen LogP contribution in [0.5, 0.6) is 11.5 Å². The largest absolute Gasteiger partial charge is 0.487 e. The lowest BCUT2D eigenvalue weighted by atomic mass is 10.0. The van der Waals surface area contributed by atoms with Gasteiger partial charge in [-0.3, -0.25) is 4.79 Å². The molecule has 0 saturated carbocycles. The molecular weight excluding hydrogens is 343 g/mol. The zero-order valence-corrected chi connectivity index (χ0v) is 15.5. The average molecular weight is 365 g/mol. The van der Waals surface area contributed by atoms with Gasteiger partial charge in [0.1, 0.15) is 23.9 Å². The molecule has 0 fully saturated rings. The third-order valence-electron chi connectivity index (χ3n) is 3.98. The molecule has 3 nitrogen and oxygen atoms in total. The maximum absolute atomic E-state index is 14.0. The van der Waals surface area contributed by atoms with Gasteiger partial charge >= 0.3 is 5.97 Å². The molecule has 134 valence electrons. The van der Waals surface area contributed by atoms with E-state index in [1.165, 1.54) is 6.07 Å². The number of rotatable bonds is 7. The van der Waals surface area contributed by atoms with Crippen LogP contribution in [-0.2, 0) is 24.2 Å². The van der Waals surface area contributed by atoms with Crippen LogP contribution in [0.1, 0.15) is 43.9 Å². The van der Waals surface area contributed by atoms with E-state index in [1.807, 2.05) is 26.0 Å². The first-order valence-corrected chi connectivity index (χ1v) is 8.80. The van der Waals surface area contributed by atoms with Crippen molar-refractivity contribution in [2.24, 2.45) is 0 Å². The van der Waals surface area contributed by atoms with Gasteiger partial charge in [-0.15, -0.1) is 0 Å². The highest BCUT2D eigenvalue weighted by atomic mass is 35.5. The third kappa shape index (κ3) is 4.73. The minimum absolute atomic E-state index is 0.140. The zero-order valence-electron chi connectivity index (χ0n) is 14.7. The van der Waals surface area contributed by atoms with Gasteiger partial charge in [0.2, 0.25) is 0 Å². The van der Waals surface area contributed by atoms with Crippen molar-refractivity contribution in [2.45, 2.75) is 46.6 Å². The van der Waals surface area contributed by atoms with Gasteiger partial charge in [0.05, 0.1) is 5.02 Å². The maximum Gasteiger partial charge on any atom is 0.310 e. The molecular formula is C20H22ClFO3. The standard InChI is InChI=1S/C20H22ClFO3/c1-4-13-8-7-9-18(25-20(23)6-3)15(13)12-24-19-11-17(22)14(5-2)10-16(19)21/h7-11H,4-6,12H2,1-3H3. The first-order chi connectivity index (χ1) is 12.0. The molecule has 0 bridgehead atoms. The molecule has 0 aliphatic heterocycles. The lowest BCUT2D eigenvalue weighted by molar-refractivity contribution is -0.134. The number of aryl methyl sites for hydroxylation is 2. The summed E-state index contributed by atoms with van der Waals surface area (Å²) in [4.78, 5) is 11.6. The molecule has 0 aliphatic rings. The number of hydrogen-bond donors (Lipinski definition) is 0. The molecule has 2 aromatic carbocycles. The van der Waals surface area contributed by atoms with Gasteiger partial charge in [0, 0.05) is 18.1 Å². The Morgan fingerprint density at radius 1 is 1.08 bits per heavy atom. The van der Waals surface area contributed by atoms with Crippen LogP contribution in [0, 0.1) is 5.82 Å². The van der Waals surface area contributed by atoms with Crippen LogP contribution in [0.15, 0.2) is 30.3 Å². The van der Waals surface area contributed by atoms with Crippen LogP contribution in [0.4, 0.5) is 4.39 Å². The van der Waals surface area contributed by atoms with Gasteiger partial charge < -0.3 is 9.47 Å². The van der Waals surface area contributed by atoms with Crippen LogP contribution >= 0.6 is 11.6 Å². The number of benzene rings is 2. The molecule has 0 heterocycles. The highest BCUT2D eigenvalue weighted by molar-refractivity contribution is 6.32. The van der Waals surface area contributed by atoms with E-state index in [4.69, 9.17) is 21.1 Å². The topological polar surface area (TPSA) is 35.5 Å². The summed E-state index contributed by atoms with van der Waals surface area (Å²) in [6.45, 7) is 5.75. The van der Waals surface area contributed by atoms with Gasteiger partial charge in [-0.05, 0) is 36.1 Å². The monoisotopic (exact) mass is 364 g/mol. The Balaban J connectivity index is 2.28. The van der Waals surface area contributed by atoms with Crippen molar-refractivity contribution in [1.29, 1.82) is 0 Å². The lowest BCUT2D eigenvalue weighted by Gasteiger charge is -2.16. The molecule has 2 aromatic rings. The lowest BCUT2D eigenvalue weighted by Crippen LogP contribution is -2.10. The Kier molecular flexibility index (Phi) is 6.82. The molecule has 0 N–H and O–H groups in total. The predicted octanol–water partition coefficient (Wildman–Crippen LogP) is 5.50. The molecule has 0 atom stereocenters. The molecule has 5 heteroatoms. The number of hydrogen-bond acceptors (Lipinski definition) is 3. The fraction of sp³-hybridized carbons (Fsp3) is 0.350. The van der Waals surface area contributed by atoms with Crippen molar-refractivity contribution < 1.29 is 18.7 Å². The molecule has 0 spiro atoms. The van der Waals surface area contributed by atoms with Crippen LogP contribution in [0.2, 0.25) is 5.02 Å². The second-order valence-corrected chi connectivity index (χ2v) is 6.00. The van der Waals surface area contributed by atoms with Gasteiger partial charge in [0.25, 0.3) is 0 Å². The van der Waals surface area contributed by atoms with E-state index in [9.17, 15) is 9.18 Å². The second kappa shape index (κ2) is 8.86. The highest BCUT2D eigenvalue weighted by Gasteiger charge is 2.14. The van der Waals surface area contributed by atoms with Crippen molar-refractivity contribution in [3.8, 4) is 11.5 Å². The Labute approximate surface area is 152 Å². The van der Waals surface area contributed by atoms with Crippen molar-refractivity contribution in [3.05, 3.63) is 57.9 Å². The Morgan fingerprint density at radius 3 is 2.44 bits per heavy atom. The third-order valence-corrected chi connectivity index (χ3v) is 4.27. The summed E-state index contributed by atoms with van der Waals surface area (Å²) < 4.78 is 25.1. The number of carbonyl (C=O) groups excluding carboxylic acids is 1. The molecule has 0 aromatic heterocycles. The minimum atomic E-state index is -0.344. The van der Waals surface area contributed by atoms with Crippen LogP contribution in [0.25, 0.3) is 0 Å². The molecule has 0 unspecified atom stereocenters. The van der Waals surface area contributed by atoms with Gasteiger partial charge in [-0.25, -0.2) is 4.39 Å². The quantitative estimate of drug-likeness (QED) is 0.480. The normalized spacial score (nSPS) is 10.6. The van der Waals surface area contributed by atoms with Crippen LogP contribution < -0.4 is 9.47 Å². The molecule has 0 aliphatic carbocycles. The number of carbonyl (C=O) groups is 1. The van der Waals surface area contributed by atoms with Gasteiger partial charge in [0.15, 0.2) is 0 Å². The summed E-state index contributed by atoms with van der Waals surface area (Å²) in [6.07, 6.45) is 1.60. The van der Waals surface area contributed by atoms with Crippen molar-refractivity contribution >= 4 is 17.6 Å². The van der Waals surface area contributed by atoms with Crippen LogP contribution in [0.3, 0.4) is 0 Å². The first kappa shape index (κ1) is 19.3. The van der Waals surface area contributed by atoms with E-state index in [2.05, 4.69) is 0 Å². The molecule has 0 saturated heterocycles. The zero-order chi connectivity index (χ0) is 18.4. The summed E-state index contributed by atoms with van der Waals surface area (Å²) in [6, 6.07) is 8.39. The van der Waals surface area contributed by atoms with E-state index in [0.29, 0.717) is 22.8 Å². The van der Waals surface area contributed by atoms with E-state index in [-0.39, 0.29) is 30.6 Å². The molecule has 0 amide bonds. The smallest absolute Gasteiger partial charge is 0.310 e. The SMILES string of the molecule is CCC(=O)Oc1cccc(CC)c1COc1cc(F)c(CC)cc1Cl.